The number of rotatable bonds is 6. The summed E-state index contributed by atoms with van der Waals surface area (Å²) >= 11 is 0. The Morgan fingerprint density at radius 3 is 2.22 bits per heavy atom. The van der Waals surface area contributed by atoms with Gasteiger partial charge in [0, 0.05) is 46.4 Å². The Bertz CT molecular complexity index is 458. The topological polar surface area (TPSA) is 65.1 Å². The number of hydrogen-bond donors (Lipinski definition) is 1. The molecule has 2 aliphatic heterocycles. The highest BCUT2D eigenvalue weighted by Gasteiger charge is 2.42. The Kier molecular flexibility index (Phi) is 12.5. The van der Waals surface area contributed by atoms with Crippen LogP contribution < -0.4 is 5.32 Å². The van der Waals surface area contributed by atoms with E-state index < -0.39 is 5.60 Å². The highest BCUT2D eigenvalue weighted by molar-refractivity contribution is 5.86. The minimum atomic E-state index is -0.669. The number of ether oxygens (including phenoxy) is 1. The molecule has 1 N–H and O–H groups in total. The molecule has 0 aromatic rings. The normalized spacial score (nSPS) is 20.0. The van der Waals surface area contributed by atoms with Gasteiger partial charge in [0.1, 0.15) is 5.60 Å². The lowest BCUT2D eigenvalue weighted by atomic mass is 9.90. The second-order valence-corrected chi connectivity index (χ2v) is 6.94. The van der Waals surface area contributed by atoms with E-state index in [1.165, 1.54) is 0 Å². The minimum Gasteiger partial charge on any atom is -0.368 e. The number of carbonyl (C=O) groups is 2. The van der Waals surface area contributed by atoms with E-state index in [9.17, 15) is 9.59 Å². The van der Waals surface area contributed by atoms with E-state index in [1.54, 1.807) is 7.11 Å². The summed E-state index contributed by atoms with van der Waals surface area (Å²) in [6, 6.07) is 0. The van der Waals surface area contributed by atoms with E-state index in [-0.39, 0.29) is 36.6 Å². The van der Waals surface area contributed by atoms with Gasteiger partial charge in [0.25, 0.3) is 5.91 Å². The number of amides is 2. The van der Waals surface area contributed by atoms with Crippen LogP contribution in [0.15, 0.2) is 0 Å². The van der Waals surface area contributed by atoms with E-state index in [1.807, 2.05) is 23.6 Å². The van der Waals surface area contributed by atoms with Gasteiger partial charge in [-0.1, -0.05) is 0 Å². The summed E-state index contributed by atoms with van der Waals surface area (Å²) in [4.78, 5) is 31.4. The van der Waals surface area contributed by atoms with Crippen LogP contribution >= 0.6 is 24.8 Å². The SMILES string of the molecule is CCN(CC)C(=O)CN1CCCN(C(=O)C2(OC)CCNCC2)CC1.Cl.Cl. The highest BCUT2D eigenvalue weighted by atomic mass is 35.5. The molecular weight excluding hydrogens is 391 g/mol. The lowest BCUT2D eigenvalue weighted by Gasteiger charge is -2.38. The first-order valence-corrected chi connectivity index (χ1v) is 9.61. The smallest absolute Gasteiger partial charge is 0.254 e. The van der Waals surface area contributed by atoms with E-state index in [0.717, 1.165) is 65.1 Å². The average molecular weight is 427 g/mol. The molecule has 0 radical (unpaired) electrons. The third-order valence-corrected chi connectivity index (χ3v) is 5.54. The van der Waals surface area contributed by atoms with Crippen LogP contribution in [-0.4, -0.2) is 98.1 Å². The first-order chi connectivity index (χ1) is 12.1. The van der Waals surface area contributed by atoms with Gasteiger partial charge in [-0.25, -0.2) is 0 Å². The number of carbonyl (C=O) groups excluding carboxylic acids is 2. The van der Waals surface area contributed by atoms with Crippen molar-refractivity contribution in [2.75, 3.05) is 66.0 Å². The first-order valence-electron chi connectivity index (χ1n) is 9.61. The number of nitrogens with one attached hydrogen (secondary N) is 1. The molecule has 0 spiro atoms. The molecule has 0 aromatic heterocycles. The van der Waals surface area contributed by atoms with Gasteiger partial charge < -0.3 is 19.9 Å². The Morgan fingerprint density at radius 1 is 1.04 bits per heavy atom. The van der Waals surface area contributed by atoms with Crippen LogP contribution in [0.1, 0.15) is 33.1 Å². The molecular formula is C18H36Cl2N4O3. The molecule has 2 aliphatic rings. The fraction of sp³-hybridized carbons (Fsp3) is 0.889. The molecule has 0 atom stereocenters. The molecule has 2 heterocycles. The van der Waals surface area contributed by atoms with Gasteiger partial charge in [0.05, 0.1) is 6.54 Å². The third-order valence-electron chi connectivity index (χ3n) is 5.54. The summed E-state index contributed by atoms with van der Waals surface area (Å²) in [6.45, 7) is 10.6. The molecule has 2 amide bonds. The van der Waals surface area contributed by atoms with Crippen molar-refractivity contribution in [2.24, 2.45) is 0 Å². The van der Waals surface area contributed by atoms with E-state index in [4.69, 9.17) is 4.74 Å². The van der Waals surface area contributed by atoms with Crippen molar-refractivity contribution >= 4 is 36.6 Å². The lowest BCUT2D eigenvalue weighted by Crippen LogP contribution is -2.56. The molecule has 2 fully saturated rings. The van der Waals surface area contributed by atoms with Crippen LogP contribution in [-0.2, 0) is 14.3 Å². The molecule has 0 bridgehead atoms. The third kappa shape index (κ3) is 6.75. The Hall–Kier alpha value is -0.600. The summed E-state index contributed by atoms with van der Waals surface area (Å²) in [6.07, 6.45) is 2.35. The average Bonchev–Trinajstić information content (AvgIpc) is 2.88. The summed E-state index contributed by atoms with van der Waals surface area (Å²) in [5.74, 6) is 0.296. The molecule has 0 saturated carbocycles. The van der Waals surface area contributed by atoms with Gasteiger partial charge in [-0.15, -0.1) is 24.8 Å². The van der Waals surface area contributed by atoms with Crippen molar-refractivity contribution in [1.29, 1.82) is 0 Å². The zero-order valence-electron chi connectivity index (χ0n) is 16.9. The molecule has 0 aliphatic carbocycles. The van der Waals surface area contributed by atoms with Crippen LogP contribution in [0.3, 0.4) is 0 Å². The predicted octanol–water partition coefficient (Wildman–Crippen LogP) is 1.00. The van der Waals surface area contributed by atoms with Gasteiger partial charge in [-0.2, -0.15) is 0 Å². The quantitative estimate of drug-likeness (QED) is 0.686. The van der Waals surface area contributed by atoms with Crippen LogP contribution in [0.5, 0.6) is 0 Å². The Balaban J connectivity index is 0.00000338. The largest absolute Gasteiger partial charge is 0.368 e. The zero-order valence-corrected chi connectivity index (χ0v) is 18.5. The molecule has 160 valence electrons. The van der Waals surface area contributed by atoms with Crippen molar-refractivity contribution in [3.63, 3.8) is 0 Å². The first kappa shape index (κ1) is 26.4. The van der Waals surface area contributed by atoms with Crippen molar-refractivity contribution < 1.29 is 14.3 Å². The monoisotopic (exact) mass is 426 g/mol. The van der Waals surface area contributed by atoms with Crippen molar-refractivity contribution in [2.45, 2.75) is 38.7 Å². The number of halogens is 2. The minimum absolute atomic E-state index is 0. The fourth-order valence-electron chi connectivity index (χ4n) is 3.82. The molecule has 0 unspecified atom stereocenters. The fourth-order valence-corrected chi connectivity index (χ4v) is 3.82. The van der Waals surface area contributed by atoms with Crippen LogP contribution in [0.4, 0.5) is 0 Å². The number of methoxy groups -OCH3 is 1. The molecule has 7 nitrogen and oxygen atoms in total. The molecule has 2 saturated heterocycles. The summed E-state index contributed by atoms with van der Waals surface area (Å²) in [5, 5.41) is 3.29. The number of hydrogen-bond acceptors (Lipinski definition) is 5. The van der Waals surface area contributed by atoms with E-state index in [0.29, 0.717) is 13.1 Å². The van der Waals surface area contributed by atoms with E-state index >= 15 is 0 Å². The number of likely N-dealkylation sites (N-methyl/N-ethyl adjacent to an activating group) is 1. The summed E-state index contributed by atoms with van der Waals surface area (Å²) in [5.41, 5.74) is -0.669. The Labute approximate surface area is 176 Å². The molecule has 2 rings (SSSR count). The molecule has 0 aromatic carbocycles. The van der Waals surface area contributed by atoms with Crippen molar-refractivity contribution in [3.8, 4) is 0 Å². The highest BCUT2D eigenvalue weighted by Crippen LogP contribution is 2.25. The van der Waals surface area contributed by atoms with Crippen LogP contribution in [0, 0.1) is 0 Å². The van der Waals surface area contributed by atoms with Crippen LogP contribution in [0.25, 0.3) is 0 Å². The second-order valence-electron chi connectivity index (χ2n) is 6.94. The standard InChI is InChI=1S/C18H34N4O3.2ClH/c1-4-21(5-2)16(23)15-20-11-6-12-22(14-13-20)17(24)18(25-3)7-9-19-10-8-18;;/h19H,4-15H2,1-3H3;2*1H. The number of nitrogens with zero attached hydrogens (tertiary/aromatic N) is 3. The second kappa shape index (κ2) is 12.8. The van der Waals surface area contributed by atoms with Gasteiger partial charge in [0.15, 0.2) is 0 Å². The maximum Gasteiger partial charge on any atom is 0.254 e. The predicted molar refractivity (Wildman–Crippen MR) is 112 cm³/mol. The van der Waals surface area contributed by atoms with Gasteiger partial charge in [-0.05, 0) is 46.2 Å². The molecule has 9 heteroatoms. The van der Waals surface area contributed by atoms with Gasteiger partial charge >= 0.3 is 0 Å². The van der Waals surface area contributed by atoms with Crippen molar-refractivity contribution in [1.82, 2.24) is 20.0 Å². The maximum absolute atomic E-state index is 13.1. The van der Waals surface area contributed by atoms with E-state index in [2.05, 4.69) is 10.2 Å². The summed E-state index contributed by atoms with van der Waals surface area (Å²) < 4.78 is 5.68. The van der Waals surface area contributed by atoms with Crippen LogP contribution in [0.2, 0.25) is 0 Å². The molecule has 27 heavy (non-hydrogen) atoms. The van der Waals surface area contributed by atoms with Crippen molar-refractivity contribution in [3.05, 3.63) is 0 Å². The lowest BCUT2D eigenvalue weighted by molar-refractivity contribution is -0.158. The number of piperidine rings is 1. The Morgan fingerprint density at radius 2 is 1.67 bits per heavy atom. The van der Waals surface area contributed by atoms with Gasteiger partial charge in [0.2, 0.25) is 5.91 Å². The maximum atomic E-state index is 13.1. The zero-order chi connectivity index (χ0) is 18.3. The summed E-state index contributed by atoms with van der Waals surface area (Å²) in [7, 11) is 1.65. The van der Waals surface area contributed by atoms with Gasteiger partial charge in [-0.3, -0.25) is 14.5 Å².